The van der Waals surface area contributed by atoms with Crippen molar-refractivity contribution in [2.24, 2.45) is 0 Å². The molecule has 1 unspecified atom stereocenters. The molecule has 0 aromatic heterocycles. The molecule has 1 aromatic rings. The molecule has 0 nitrogen and oxygen atoms in total. The van der Waals surface area contributed by atoms with Crippen molar-refractivity contribution in [2.75, 3.05) is 0 Å². The topological polar surface area (TPSA) is 0 Å². The van der Waals surface area contributed by atoms with E-state index in [1.807, 2.05) is 6.92 Å². The minimum absolute atomic E-state index is 0.0818. The lowest BCUT2D eigenvalue weighted by molar-refractivity contribution is 0.549. The number of alkyl halides is 1. The van der Waals surface area contributed by atoms with Crippen LogP contribution in [0.1, 0.15) is 18.1 Å². The summed E-state index contributed by atoms with van der Waals surface area (Å²) in [4.78, 5) is 0.0818. The monoisotopic (exact) mass is 248 g/mol. The average molecular weight is 249 g/mol. The highest BCUT2D eigenvalue weighted by Crippen LogP contribution is 2.19. The van der Waals surface area contributed by atoms with Crippen molar-refractivity contribution in [1.82, 2.24) is 0 Å². The minimum atomic E-state index is -0.464. The van der Waals surface area contributed by atoms with E-state index in [4.69, 9.17) is 0 Å². The fourth-order valence-electron chi connectivity index (χ4n) is 1.18. The predicted molar refractivity (Wildman–Crippen MR) is 53.2 cm³/mol. The third-order valence-corrected chi connectivity index (χ3v) is 2.19. The molecule has 0 spiro atoms. The van der Waals surface area contributed by atoms with Gasteiger partial charge in [0.05, 0.1) is 0 Å². The second kappa shape index (κ2) is 4.18. The molecule has 3 heteroatoms. The number of benzene rings is 1. The van der Waals surface area contributed by atoms with E-state index in [1.165, 1.54) is 12.1 Å². The van der Waals surface area contributed by atoms with Crippen molar-refractivity contribution in [2.45, 2.75) is 25.1 Å². The maximum atomic E-state index is 13.4. The van der Waals surface area contributed by atoms with E-state index in [0.29, 0.717) is 12.0 Å². The van der Waals surface area contributed by atoms with Gasteiger partial charge in [0.1, 0.15) is 11.6 Å². The summed E-state index contributed by atoms with van der Waals surface area (Å²) in [5, 5.41) is 0. The number of rotatable bonds is 2. The van der Waals surface area contributed by atoms with Crippen molar-refractivity contribution in [1.29, 1.82) is 0 Å². The molecule has 72 valence electrons. The van der Waals surface area contributed by atoms with Gasteiger partial charge in [0.15, 0.2) is 0 Å². The maximum absolute atomic E-state index is 13.4. The van der Waals surface area contributed by atoms with Gasteiger partial charge in [-0.3, -0.25) is 0 Å². The maximum Gasteiger partial charge on any atom is 0.132 e. The van der Waals surface area contributed by atoms with Gasteiger partial charge in [0.25, 0.3) is 0 Å². The van der Waals surface area contributed by atoms with E-state index >= 15 is 0 Å². The van der Waals surface area contributed by atoms with Crippen LogP contribution < -0.4 is 0 Å². The Morgan fingerprint density at radius 2 is 2.00 bits per heavy atom. The Labute approximate surface area is 85.1 Å². The van der Waals surface area contributed by atoms with Crippen molar-refractivity contribution in [3.8, 4) is 0 Å². The van der Waals surface area contributed by atoms with Gasteiger partial charge >= 0.3 is 0 Å². The van der Waals surface area contributed by atoms with E-state index in [1.54, 1.807) is 6.92 Å². The third-order valence-electron chi connectivity index (χ3n) is 1.86. The lowest BCUT2D eigenvalue weighted by atomic mass is 10.1. The number of hydrogen-bond donors (Lipinski definition) is 0. The standard InChI is InChI=1S/C10H11BrF2/c1-6-3-4-9(12)8(10(6)13)5-7(2)11/h3-4,7H,5H2,1-2H3. The zero-order valence-electron chi connectivity index (χ0n) is 7.57. The van der Waals surface area contributed by atoms with Gasteiger partial charge in [-0.05, 0) is 25.0 Å². The van der Waals surface area contributed by atoms with Gasteiger partial charge in [-0.2, -0.15) is 0 Å². The number of hydrogen-bond acceptors (Lipinski definition) is 0. The van der Waals surface area contributed by atoms with Crippen LogP contribution in [-0.2, 0) is 6.42 Å². The first kappa shape index (κ1) is 10.6. The van der Waals surface area contributed by atoms with E-state index in [-0.39, 0.29) is 10.4 Å². The van der Waals surface area contributed by atoms with Crippen LogP contribution in [0.3, 0.4) is 0 Å². The molecule has 0 bridgehead atoms. The molecule has 0 fully saturated rings. The molecule has 0 amide bonds. The summed E-state index contributed by atoms with van der Waals surface area (Å²) in [5.41, 5.74) is 0.661. The van der Waals surface area contributed by atoms with Crippen LogP contribution in [0.25, 0.3) is 0 Å². The summed E-state index contributed by atoms with van der Waals surface area (Å²) in [6.07, 6.45) is 0.374. The molecule has 0 saturated heterocycles. The first-order valence-electron chi connectivity index (χ1n) is 4.10. The zero-order valence-corrected chi connectivity index (χ0v) is 9.16. The lowest BCUT2D eigenvalue weighted by Gasteiger charge is -2.08. The number of halogens is 3. The molecule has 0 heterocycles. The molecule has 0 saturated carbocycles. The quantitative estimate of drug-likeness (QED) is 0.702. The molecule has 1 aromatic carbocycles. The van der Waals surface area contributed by atoms with Crippen molar-refractivity contribution in [3.05, 3.63) is 34.9 Å². The van der Waals surface area contributed by atoms with Crippen LogP contribution in [0.5, 0.6) is 0 Å². The van der Waals surface area contributed by atoms with E-state index in [2.05, 4.69) is 15.9 Å². The van der Waals surface area contributed by atoms with Crippen LogP contribution in [0.4, 0.5) is 8.78 Å². The van der Waals surface area contributed by atoms with Crippen LogP contribution >= 0.6 is 15.9 Å². The molecule has 0 aliphatic heterocycles. The van der Waals surface area contributed by atoms with Gasteiger partial charge in [0, 0.05) is 10.4 Å². The van der Waals surface area contributed by atoms with Crippen LogP contribution in [0.2, 0.25) is 0 Å². The molecule has 0 N–H and O–H groups in total. The van der Waals surface area contributed by atoms with Crippen molar-refractivity contribution < 1.29 is 8.78 Å². The van der Waals surface area contributed by atoms with Crippen LogP contribution in [0, 0.1) is 18.6 Å². The van der Waals surface area contributed by atoms with Gasteiger partial charge in [-0.25, -0.2) is 8.78 Å². The van der Waals surface area contributed by atoms with Crippen molar-refractivity contribution >= 4 is 15.9 Å². The molecular weight excluding hydrogens is 238 g/mol. The molecule has 0 aliphatic rings. The Bertz CT molecular complexity index is 308. The van der Waals surface area contributed by atoms with Gasteiger partial charge in [-0.1, -0.05) is 28.9 Å². The summed E-state index contributed by atoms with van der Waals surface area (Å²) >= 11 is 3.27. The number of aryl methyl sites for hydroxylation is 1. The molecule has 1 rings (SSSR count). The first-order valence-corrected chi connectivity index (χ1v) is 5.01. The fourth-order valence-corrected chi connectivity index (χ4v) is 1.51. The summed E-state index contributed by atoms with van der Waals surface area (Å²) < 4.78 is 26.5. The molecule has 0 radical (unpaired) electrons. The molecule has 13 heavy (non-hydrogen) atoms. The van der Waals surface area contributed by atoms with E-state index in [0.717, 1.165) is 0 Å². The zero-order chi connectivity index (χ0) is 10.0. The van der Waals surface area contributed by atoms with E-state index in [9.17, 15) is 8.78 Å². The predicted octanol–water partition coefficient (Wildman–Crippen LogP) is 3.60. The Hall–Kier alpha value is -0.440. The second-order valence-electron chi connectivity index (χ2n) is 3.14. The van der Waals surface area contributed by atoms with Crippen molar-refractivity contribution in [3.63, 3.8) is 0 Å². The summed E-state index contributed by atoms with van der Waals surface area (Å²) in [7, 11) is 0. The van der Waals surface area contributed by atoms with Gasteiger partial charge in [-0.15, -0.1) is 0 Å². The van der Waals surface area contributed by atoms with Gasteiger partial charge < -0.3 is 0 Å². The Balaban J connectivity index is 3.10. The Kier molecular flexibility index (Phi) is 3.42. The summed E-state index contributed by atoms with van der Waals surface area (Å²) in [6, 6.07) is 2.76. The SMILES string of the molecule is Cc1ccc(F)c(CC(C)Br)c1F. The van der Waals surface area contributed by atoms with Crippen LogP contribution in [-0.4, -0.2) is 4.83 Å². The Morgan fingerprint density at radius 1 is 1.38 bits per heavy atom. The Morgan fingerprint density at radius 3 is 2.54 bits per heavy atom. The average Bonchev–Trinajstić information content (AvgIpc) is 2.05. The van der Waals surface area contributed by atoms with Gasteiger partial charge in [0.2, 0.25) is 0 Å². The largest absolute Gasteiger partial charge is 0.207 e. The molecule has 1 atom stereocenters. The minimum Gasteiger partial charge on any atom is -0.207 e. The molecular formula is C10H11BrF2. The highest BCUT2D eigenvalue weighted by molar-refractivity contribution is 9.09. The first-order chi connectivity index (χ1) is 6.02. The molecule has 0 aliphatic carbocycles. The second-order valence-corrected chi connectivity index (χ2v) is 4.70. The summed E-state index contributed by atoms with van der Waals surface area (Å²) in [6.45, 7) is 3.50. The third kappa shape index (κ3) is 2.50. The van der Waals surface area contributed by atoms with Crippen LogP contribution in [0.15, 0.2) is 12.1 Å². The normalized spacial score (nSPS) is 13.0. The highest BCUT2D eigenvalue weighted by atomic mass is 79.9. The lowest BCUT2D eigenvalue weighted by Crippen LogP contribution is -2.04. The summed E-state index contributed by atoms with van der Waals surface area (Å²) in [5.74, 6) is -0.888. The smallest absolute Gasteiger partial charge is 0.132 e. The van der Waals surface area contributed by atoms with E-state index < -0.39 is 11.6 Å². The fraction of sp³-hybridized carbons (Fsp3) is 0.400. The highest BCUT2D eigenvalue weighted by Gasteiger charge is 2.12.